The van der Waals surface area contributed by atoms with Crippen molar-refractivity contribution in [3.63, 3.8) is 0 Å². The number of benzene rings is 3. The van der Waals surface area contributed by atoms with E-state index in [4.69, 9.17) is 4.74 Å². The molecule has 3 aromatic rings. The van der Waals surface area contributed by atoms with Gasteiger partial charge in [0.25, 0.3) is 11.8 Å². The van der Waals surface area contributed by atoms with Gasteiger partial charge in [-0.2, -0.15) is 0 Å². The quantitative estimate of drug-likeness (QED) is 0.553. The number of aryl methyl sites for hydroxylation is 1. The number of hydrogen-bond acceptors (Lipinski definition) is 3. The SMILES string of the molecule is Cc1ccccc1OCC(=O)Nc1cccc(NC(=O)c2ccc(C(C)(C)C)cc2)c1. The smallest absolute Gasteiger partial charge is 0.262 e. The molecule has 0 aromatic heterocycles. The van der Waals surface area contributed by atoms with Crippen LogP contribution in [0.5, 0.6) is 5.75 Å². The fourth-order valence-electron chi connectivity index (χ4n) is 3.06. The summed E-state index contributed by atoms with van der Waals surface area (Å²) in [5, 5.41) is 5.67. The van der Waals surface area contributed by atoms with Gasteiger partial charge in [-0.3, -0.25) is 9.59 Å². The van der Waals surface area contributed by atoms with Crippen molar-refractivity contribution >= 4 is 23.2 Å². The van der Waals surface area contributed by atoms with Crippen LogP contribution in [0.2, 0.25) is 0 Å². The number of amides is 2. The minimum atomic E-state index is -0.274. The lowest BCUT2D eigenvalue weighted by molar-refractivity contribution is -0.118. The number of nitrogens with one attached hydrogen (secondary N) is 2. The van der Waals surface area contributed by atoms with E-state index in [1.807, 2.05) is 55.5 Å². The van der Waals surface area contributed by atoms with Crippen molar-refractivity contribution < 1.29 is 14.3 Å². The molecule has 31 heavy (non-hydrogen) atoms. The van der Waals surface area contributed by atoms with Crippen molar-refractivity contribution in [2.24, 2.45) is 0 Å². The Morgan fingerprint density at radius 1 is 0.839 bits per heavy atom. The highest BCUT2D eigenvalue weighted by Gasteiger charge is 2.14. The molecule has 0 saturated heterocycles. The van der Waals surface area contributed by atoms with Gasteiger partial charge in [0.15, 0.2) is 6.61 Å². The lowest BCUT2D eigenvalue weighted by Gasteiger charge is -2.19. The Balaban J connectivity index is 1.59. The van der Waals surface area contributed by atoms with Crippen LogP contribution < -0.4 is 15.4 Å². The highest BCUT2D eigenvalue weighted by Crippen LogP contribution is 2.23. The van der Waals surface area contributed by atoms with E-state index in [9.17, 15) is 9.59 Å². The minimum absolute atomic E-state index is 0.0322. The average Bonchev–Trinajstić information content (AvgIpc) is 2.73. The van der Waals surface area contributed by atoms with Gasteiger partial charge in [0.05, 0.1) is 0 Å². The van der Waals surface area contributed by atoms with Crippen LogP contribution in [0.15, 0.2) is 72.8 Å². The molecule has 0 aliphatic carbocycles. The highest BCUT2D eigenvalue weighted by atomic mass is 16.5. The van der Waals surface area contributed by atoms with E-state index in [0.717, 1.165) is 5.56 Å². The summed E-state index contributed by atoms with van der Waals surface area (Å²) in [7, 11) is 0. The second kappa shape index (κ2) is 9.47. The summed E-state index contributed by atoms with van der Waals surface area (Å²) in [5.74, 6) is 0.201. The van der Waals surface area contributed by atoms with Gasteiger partial charge in [-0.15, -0.1) is 0 Å². The molecule has 0 unspecified atom stereocenters. The Morgan fingerprint density at radius 2 is 1.48 bits per heavy atom. The maximum atomic E-state index is 12.6. The van der Waals surface area contributed by atoms with Crippen molar-refractivity contribution in [1.29, 1.82) is 0 Å². The molecule has 2 N–H and O–H groups in total. The van der Waals surface area contributed by atoms with Gasteiger partial charge in [0, 0.05) is 16.9 Å². The molecular formula is C26H28N2O3. The van der Waals surface area contributed by atoms with Crippen molar-refractivity contribution in [1.82, 2.24) is 0 Å². The van der Waals surface area contributed by atoms with Gasteiger partial charge >= 0.3 is 0 Å². The van der Waals surface area contributed by atoms with E-state index >= 15 is 0 Å². The molecule has 0 aliphatic rings. The molecule has 0 bridgehead atoms. The molecular weight excluding hydrogens is 388 g/mol. The zero-order valence-electron chi connectivity index (χ0n) is 18.4. The van der Waals surface area contributed by atoms with E-state index in [1.165, 1.54) is 5.56 Å². The van der Waals surface area contributed by atoms with Crippen molar-refractivity contribution in [3.8, 4) is 5.75 Å². The second-order valence-electron chi connectivity index (χ2n) is 8.46. The standard InChI is InChI=1S/C26H28N2O3/c1-18-8-5-6-11-23(18)31-17-24(29)27-21-9-7-10-22(16-21)28-25(30)19-12-14-20(15-13-19)26(2,3)4/h5-16H,17H2,1-4H3,(H,27,29)(H,28,30). The van der Waals surface area contributed by atoms with Crippen LogP contribution in [0, 0.1) is 6.92 Å². The Hall–Kier alpha value is -3.60. The zero-order valence-corrected chi connectivity index (χ0v) is 18.4. The number of anilines is 2. The summed E-state index contributed by atoms with van der Waals surface area (Å²) in [6.07, 6.45) is 0. The molecule has 0 atom stereocenters. The van der Waals surface area contributed by atoms with Gasteiger partial charge in [0.1, 0.15) is 5.75 Å². The summed E-state index contributed by atoms with van der Waals surface area (Å²) in [6, 6.07) is 22.2. The van der Waals surface area contributed by atoms with Gasteiger partial charge in [-0.25, -0.2) is 0 Å². The monoisotopic (exact) mass is 416 g/mol. The third kappa shape index (κ3) is 6.19. The topological polar surface area (TPSA) is 67.4 Å². The Labute approximate surface area is 183 Å². The molecule has 3 rings (SSSR count). The first kappa shape index (κ1) is 22.1. The van der Waals surface area contributed by atoms with Crippen LogP contribution in [0.3, 0.4) is 0 Å². The largest absolute Gasteiger partial charge is 0.483 e. The molecule has 2 amide bonds. The normalized spacial score (nSPS) is 11.0. The highest BCUT2D eigenvalue weighted by molar-refractivity contribution is 6.04. The molecule has 160 valence electrons. The summed E-state index contributed by atoms with van der Waals surface area (Å²) in [4.78, 5) is 24.8. The molecule has 0 aliphatic heterocycles. The number of para-hydroxylation sites is 1. The van der Waals surface area contributed by atoms with E-state index in [-0.39, 0.29) is 23.8 Å². The lowest BCUT2D eigenvalue weighted by Crippen LogP contribution is -2.20. The molecule has 0 saturated carbocycles. The van der Waals surface area contributed by atoms with Crippen molar-refractivity contribution in [2.75, 3.05) is 17.2 Å². The Kier molecular flexibility index (Phi) is 6.75. The van der Waals surface area contributed by atoms with Crippen molar-refractivity contribution in [3.05, 3.63) is 89.5 Å². The minimum Gasteiger partial charge on any atom is -0.483 e. The molecule has 0 heterocycles. The third-order valence-electron chi connectivity index (χ3n) is 4.87. The molecule has 5 nitrogen and oxygen atoms in total. The van der Waals surface area contributed by atoms with Gasteiger partial charge in [-0.05, 0) is 59.9 Å². The number of carbonyl (C=O) groups excluding carboxylic acids is 2. The first-order chi connectivity index (χ1) is 14.7. The third-order valence-corrected chi connectivity index (χ3v) is 4.87. The van der Waals surface area contributed by atoms with Gasteiger partial charge in [0.2, 0.25) is 0 Å². The second-order valence-corrected chi connectivity index (χ2v) is 8.46. The molecule has 0 fully saturated rings. The van der Waals surface area contributed by atoms with Crippen LogP contribution in [-0.4, -0.2) is 18.4 Å². The fourth-order valence-corrected chi connectivity index (χ4v) is 3.06. The zero-order chi connectivity index (χ0) is 22.4. The lowest BCUT2D eigenvalue weighted by atomic mass is 9.87. The summed E-state index contributed by atoms with van der Waals surface area (Å²) in [5.41, 5.74) is 3.93. The predicted octanol–water partition coefficient (Wildman–Crippen LogP) is 5.56. The van der Waals surface area contributed by atoms with E-state index in [1.54, 1.807) is 24.3 Å². The maximum absolute atomic E-state index is 12.6. The summed E-state index contributed by atoms with van der Waals surface area (Å²) >= 11 is 0. The summed E-state index contributed by atoms with van der Waals surface area (Å²) < 4.78 is 5.58. The number of rotatable bonds is 6. The van der Waals surface area contributed by atoms with Crippen LogP contribution in [-0.2, 0) is 10.2 Å². The number of ether oxygens (including phenoxy) is 1. The van der Waals surface area contributed by atoms with Crippen LogP contribution in [0.1, 0.15) is 42.3 Å². The number of hydrogen-bond donors (Lipinski definition) is 2. The first-order valence-corrected chi connectivity index (χ1v) is 10.2. The van der Waals surface area contributed by atoms with E-state index in [2.05, 4.69) is 31.4 Å². The Morgan fingerprint density at radius 3 is 2.13 bits per heavy atom. The first-order valence-electron chi connectivity index (χ1n) is 10.2. The molecule has 0 spiro atoms. The van der Waals surface area contributed by atoms with Crippen LogP contribution in [0.4, 0.5) is 11.4 Å². The van der Waals surface area contributed by atoms with Crippen LogP contribution >= 0.6 is 0 Å². The molecule has 5 heteroatoms. The van der Waals surface area contributed by atoms with Crippen LogP contribution in [0.25, 0.3) is 0 Å². The molecule has 0 radical (unpaired) electrons. The summed E-state index contributed by atoms with van der Waals surface area (Å²) in [6.45, 7) is 8.23. The van der Waals surface area contributed by atoms with E-state index in [0.29, 0.717) is 22.7 Å². The van der Waals surface area contributed by atoms with Gasteiger partial charge in [-0.1, -0.05) is 57.2 Å². The fraction of sp³-hybridized carbons (Fsp3) is 0.231. The van der Waals surface area contributed by atoms with Gasteiger partial charge < -0.3 is 15.4 Å². The average molecular weight is 417 g/mol. The van der Waals surface area contributed by atoms with Crippen molar-refractivity contribution in [2.45, 2.75) is 33.1 Å². The maximum Gasteiger partial charge on any atom is 0.262 e. The van der Waals surface area contributed by atoms with E-state index < -0.39 is 0 Å². The Bertz CT molecular complexity index is 1070. The molecule has 3 aromatic carbocycles. The predicted molar refractivity (Wildman–Crippen MR) is 125 cm³/mol. The number of carbonyl (C=O) groups is 2.